The van der Waals surface area contributed by atoms with Crippen LogP contribution in [0.4, 0.5) is 0 Å². The van der Waals surface area contributed by atoms with Crippen molar-refractivity contribution >= 4 is 29.0 Å². The average Bonchev–Trinajstić information content (AvgIpc) is 2.72. The lowest BCUT2D eigenvalue weighted by atomic mass is 10.1. The molecule has 0 unspecified atom stereocenters. The second-order valence-electron chi connectivity index (χ2n) is 4.23. The molecule has 7 heteroatoms. The van der Waals surface area contributed by atoms with Gasteiger partial charge in [-0.1, -0.05) is 30.6 Å². The molecule has 0 bridgehead atoms. The van der Waals surface area contributed by atoms with Crippen LogP contribution in [0, 0.1) is 0 Å². The van der Waals surface area contributed by atoms with Gasteiger partial charge in [0.15, 0.2) is 5.65 Å². The fraction of sp³-hybridized carbons (Fsp3) is 0.417. The molecule has 102 valence electrons. The van der Waals surface area contributed by atoms with E-state index in [1.165, 1.54) is 12.4 Å². The molecule has 0 saturated carbocycles. The van der Waals surface area contributed by atoms with E-state index in [0.717, 1.165) is 12.8 Å². The SMILES string of the molecule is CCC(CC)n1c(=O)[nH]c2ncc(Cl)c(/C=N\O)c21. The van der Waals surface area contributed by atoms with E-state index >= 15 is 0 Å². The second kappa shape index (κ2) is 5.44. The van der Waals surface area contributed by atoms with Crippen molar-refractivity contribution in [2.75, 3.05) is 0 Å². The molecule has 0 fully saturated rings. The number of pyridine rings is 1. The number of nitrogens with zero attached hydrogens (tertiary/aromatic N) is 3. The van der Waals surface area contributed by atoms with Gasteiger partial charge in [-0.15, -0.1) is 0 Å². The summed E-state index contributed by atoms with van der Waals surface area (Å²) in [6.07, 6.45) is 4.27. The number of aromatic amines is 1. The predicted molar refractivity (Wildman–Crippen MR) is 74.4 cm³/mol. The molecule has 0 amide bonds. The van der Waals surface area contributed by atoms with Crippen molar-refractivity contribution in [3.8, 4) is 0 Å². The van der Waals surface area contributed by atoms with E-state index in [4.69, 9.17) is 16.8 Å². The Morgan fingerprint density at radius 2 is 2.26 bits per heavy atom. The number of hydrogen-bond acceptors (Lipinski definition) is 4. The molecule has 0 saturated heterocycles. The van der Waals surface area contributed by atoms with Crippen molar-refractivity contribution < 1.29 is 5.21 Å². The predicted octanol–water partition coefficient (Wildman–Crippen LogP) is 2.55. The summed E-state index contributed by atoms with van der Waals surface area (Å²) in [5, 5.41) is 12.1. The first-order valence-corrected chi connectivity index (χ1v) is 6.47. The highest BCUT2D eigenvalue weighted by molar-refractivity contribution is 6.34. The molecule has 0 aromatic carbocycles. The number of nitrogens with one attached hydrogen (secondary N) is 1. The van der Waals surface area contributed by atoms with Crippen LogP contribution in [-0.4, -0.2) is 26.0 Å². The molecule has 2 N–H and O–H groups in total. The van der Waals surface area contributed by atoms with Crippen molar-refractivity contribution in [1.29, 1.82) is 0 Å². The minimum Gasteiger partial charge on any atom is -0.411 e. The first kappa shape index (κ1) is 13.6. The largest absolute Gasteiger partial charge is 0.411 e. The molecule has 2 aromatic heterocycles. The molecular weight excluding hydrogens is 268 g/mol. The standard InChI is InChI=1S/C12H15ClN4O2/c1-3-7(4-2)17-10-8(5-15-19)9(13)6-14-11(10)16-12(17)18/h5-7,19H,3-4H2,1-2H3,(H,14,16,18)/b15-5-. The molecule has 0 aliphatic heterocycles. The van der Waals surface area contributed by atoms with Crippen LogP contribution in [0.1, 0.15) is 38.3 Å². The second-order valence-corrected chi connectivity index (χ2v) is 4.64. The summed E-state index contributed by atoms with van der Waals surface area (Å²) in [6, 6.07) is 0.0485. The van der Waals surface area contributed by atoms with Gasteiger partial charge in [0.05, 0.1) is 16.8 Å². The van der Waals surface area contributed by atoms with Crippen LogP contribution in [0.5, 0.6) is 0 Å². The molecule has 0 atom stereocenters. The third-order valence-electron chi connectivity index (χ3n) is 3.22. The van der Waals surface area contributed by atoms with Crippen LogP contribution in [-0.2, 0) is 0 Å². The third kappa shape index (κ3) is 2.23. The van der Waals surface area contributed by atoms with Gasteiger partial charge in [0.25, 0.3) is 0 Å². The van der Waals surface area contributed by atoms with Gasteiger partial charge in [0.1, 0.15) is 0 Å². The Balaban J connectivity index is 2.86. The molecule has 2 heterocycles. The molecular formula is C12H15ClN4O2. The van der Waals surface area contributed by atoms with Crippen LogP contribution in [0.3, 0.4) is 0 Å². The van der Waals surface area contributed by atoms with Crippen molar-refractivity contribution in [3.63, 3.8) is 0 Å². The summed E-state index contributed by atoms with van der Waals surface area (Å²) in [5.74, 6) is 0. The van der Waals surface area contributed by atoms with Crippen molar-refractivity contribution in [3.05, 3.63) is 27.3 Å². The number of imidazole rings is 1. The van der Waals surface area contributed by atoms with Crippen LogP contribution in [0.15, 0.2) is 16.1 Å². The molecule has 6 nitrogen and oxygen atoms in total. The zero-order valence-electron chi connectivity index (χ0n) is 10.7. The van der Waals surface area contributed by atoms with Crippen molar-refractivity contribution in [1.82, 2.24) is 14.5 Å². The molecule has 2 rings (SSSR count). The van der Waals surface area contributed by atoms with E-state index < -0.39 is 0 Å². The Morgan fingerprint density at radius 1 is 1.58 bits per heavy atom. The van der Waals surface area contributed by atoms with Gasteiger partial charge in [-0.25, -0.2) is 9.78 Å². The number of fused-ring (bicyclic) bond motifs is 1. The Morgan fingerprint density at radius 3 is 2.84 bits per heavy atom. The molecule has 0 radical (unpaired) electrons. The zero-order chi connectivity index (χ0) is 14.0. The quantitative estimate of drug-likeness (QED) is 0.513. The minimum absolute atomic E-state index is 0.0485. The van der Waals surface area contributed by atoms with E-state index in [0.29, 0.717) is 21.7 Å². The summed E-state index contributed by atoms with van der Waals surface area (Å²) in [4.78, 5) is 18.9. The summed E-state index contributed by atoms with van der Waals surface area (Å²) in [7, 11) is 0. The topological polar surface area (TPSA) is 83.3 Å². The number of rotatable bonds is 4. The van der Waals surface area contributed by atoms with Crippen molar-refractivity contribution in [2.45, 2.75) is 32.7 Å². The number of oxime groups is 1. The molecule has 0 aliphatic rings. The van der Waals surface area contributed by atoms with Gasteiger partial charge in [-0.3, -0.25) is 9.55 Å². The highest BCUT2D eigenvalue weighted by Gasteiger charge is 2.19. The van der Waals surface area contributed by atoms with Gasteiger partial charge in [-0.05, 0) is 12.8 Å². The van der Waals surface area contributed by atoms with E-state index in [-0.39, 0.29) is 11.7 Å². The van der Waals surface area contributed by atoms with Crippen LogP contribution in [0.25, 0.3) is 11.2 Å². The maximum absolute atomic E-state index is 12.1. The minimum atomic E-state index is -0.231. The lowest BCUT2D eigenvalue weighted by molar-refractivity contribution is 0.322. The summed E-state index contributed by atoms with van der Waals surface area (Å²) in [6.45, 7) is 4.02. The highest BCUT2D eigenvalue weighted by atomic mass is 35.5. The molecule has 0 spiro atoms. The van der Waals surface area contributed by atoms with E-state index in [1.807, 2.05) is 13.8 Å². The van der Waals surface area contributed by atoms with Crippen molar-refractivity contribution in [2.24, 2.45) is 5.16 Å². The monoisotopic (exact) mass is 282 g/mol. The summed E-state index contributed by atoms with van der Waals surface area (Å²) in [5.41, 5.74) is 1.27. The highest BCUT2D eigenvalue weighted by Crippen LogP contribution is 2.25. The zero-order valence-corrected chi connectivity index (χ0v) is 11.5. The first-order chi connectivity index (χ1) is 9.13. The van der Waals surface area contributed by atoms with Crippen LogP contribution in [0.2, 0.25) is 5.02 Å². The van der Waals surface area contributed by atoms with E-state index in [2.05, 4.69) is 15.1 Å². The molecule has 19 heavy (non-hydrogen) atoms. The van der Waals surface area contributed by atoms with Gasteiger partial charge in [-0.2, -0.15) is 0 Å². The van der Waals surface area contributed by atoms with E-state index in [1.54, 1.807) is 4.57 Å². The number of aromatic nitrogens is 3. The summed E-state index contributed by atoms with van der Waals surface area (Å²) >= 11 is 6.06. The maximum Gasteiger partial charge on any atom is 0.327 e. The molecule has 2 aromatic rings. The number of hydrogen-bond donors (Lipinski definition) is 2. The fourth-order valence-corrected chi connectivity index (χ4v) is 2.46. The Bertz CT molecular complexity index is 670. The summed E-state index contributed by atoms with van der Waals surface area (Å²) < 4.78 is 1.63. The average molecular weight is 283 g/mol. The van der Waals surface area contributed by atoms with Crippen LogP contribution < -0.4 is 5.69 Å². The van der Waals surface area contributed by atoms with E-state index in [9.17, 15) is 4.79 Å². The fourth-order valence-electron chi connectivity index (χ4n) is 2.27. The molecule has 0 aliphatic carbocycles. The van der Waals surface area contributed by atoms with Crippen LogP contribution >= 0.6 is 11.6 Å². The van der Waals surface area contributed by atoms with Gasteiger partial charge in [0, 0.05) is 17.8 Å². The normalized spacial score (nSPS) is 12.0. The maximum atomic E-state index is 12.1. The van der Waals surface area contributed by atoms with Gasteiger partial charge >= 0.3 is 5.69 Å². The third-order valence-corrected chi connectivity index (χ3v) is 3.52. The number of halogens is 1. The Hall–Kier alpha value is -1.82. The number of H-pyrrole nitrogens is 1. The lowest BCUT2D eigenvalue weighted by Crippen LogP contribution is -2.22. The first-order valence-electron chi connectivity index (χ1n) is 6.10. The lowest BCUT2D eigenvalue weighted by Gasteiger charge is -2.15. The smallest absolute Gasteiger partial charge is 0.327 e. The Labute approximate surface area is 114 Å². The van der Waals surface area contributed by atoms with Gasteiger partial charge in [0.2, 0.25) is 0 Å². The Kier molecular flexibility index (Phi) is 3.90. The van der Waals surface area contributed by atoms with Gasteiger partial charge < -0.3 is 5.21 Å².